The van der Waals surface area contributed by atoms with Crippen LogP contribution >= 0.6 is 0 Å². The Morgan fingerprint density at radius 1 is 1.00 bits per heavy atom. The first kappa shape index (κ1) is 13.4. The van der Waals surface area contributed by atoms with Gasteiger partial charge in [0.15, 0.2) is 0 Å². The van der Waals surface area contributed by atoms with Crippen LogP contribution in [0.15, 0.2) is 36.9 Å². The molecule has 2 fully saturated rings. The van der Waals surface area contributed by atoms with Crippen molar-refractivity contribution in [1.29, 1.82) is 5.26 Å². The first-order valence-electron chi connectivity index (χ1n) is 7.92. The minimum absolute atomic E-state index is 0.712. The highest BCUT2D eigenvalue weighted by atomic mass is 14.4. The topological polar surface area (TPSA) is 23.8 Å². The van der Waals surface area contributed by atoms with Gasteiger partial charge in [-0.25, -0.2) is 0 Å². The fraction of sp³-hybridized carbons (Fsp3) is 0.526. The minimum Gasteiger partial charge on any atom is -0.192 e. The Kier molecular flexibility index (Phi) is 3.92. The van der Waals surface area contributed by atoms with Crippen LogP contribution in [0.25, 0.3) is 0 Å². The van der Waals surface area contributed by atoms with Crippen LogP contribution < -0.4 is 0 Å². The van der Waals surface area contributed by atoms with Crippen LogP contribution in [0, 0.1) is 29.1 Å². The average Bonchev–Trinajstić information content (AvgIpc) is 2.54. The zero-order valence-electron chi connectivity index (χ0n) is 12.1. The zero-order chi connectivity index (χ0) is 13.9. The maximum absolute atomic E-state index is 8.88. The predicted octanol–water partition coefficient (Wildman–Crippen LogP) is 5.04. The molecule has 0 spiro atoms. The molecule has 3 rings (SSSR count). The van der Waals surface area contributed by atoms with E-state index < -0.39 is 0 Å². The summed E-state index contributed by atoms with van der Waals surface area (Å²) in [5.41, 5.74) is 2.21. The van der Waals surface area contributed by atoms with Crippen LogP contribution in [0.2, 0.25) is 0 Å². The van der Waals surface area contributed by atoms with Crippen LogP contribution in [0.5, 0.6) is 0 Å². The highest BCUT2D eigenvalue weighted by Crippen LogP contribution is 2.47. The fourth-order valence-electron chi connectivity index (χ4n) is 4.27. The summed E-state index contributed by atoms with van der Waals surface area (Å²) in [6.45, 7) is 3.97. The van der Waals surface area contributed by atoms with Crippen LogP contribution in [0.3, 0.4) is 0 Å². The molecular formula is C19H23N. The average molecular weight is 265 g/mol. The monoisotopic (exact) mass is 265 g/mol. The van der Waals surface area contributed by atoms with Crippen molar-refractivity contribution in [2.75, 3.05) is 0 Å². The number of rotatable bonds is 2. The summed E-state index contributed by atoms with van der Waals surface area (Å²) in [4.78, 5) is 0. The highest BCUT2D eigenvalue weighted by molar-refractivity contribution is 5.33. The standard InChI is InChI=1S/C19H23N/c1-2-14-3-8-19-12-18(10-9-17(19)11-14)16-6-4-15(13-20)5-7-16/h2,4-7,14,17-19H,1,3,8-12H2. The van der Waals surface area contributed by atoms with Gasteiger partial charge in [-0.2, -0.15) is 5.26 Å². The molecule has 2 aliphatic carbocycles. The first-order valence-corrected chi connectivity index (χ1v) is 7.92. The molecule has 1 aromatic carbocycles. The van der Waals surface area contributed by atoms with E-state index in [0.29, 0.717) is 5.92 Å². The van der Waals surface area contributed by atoms with E-state index in [-0.39, 0.29) is 0 Å². The van der Waals surface area contributed by atoms with Crippen molar-refractivity contribution in [2.45, 2.75) is 44.4 Å². The number of allylic oxidation sites excluding steroid dienone is 1. The molecule has 0 amide bonds. The summed E-state index contributed by atoms with van der Waals surface area (Å²) in [5, 5.41) is 8.88. The Hall–Kier alpha value is -1.55. The molecule has 2 saturated carbocycles. The van der Waals surface area contributed by atoms with E-state index in [4.69, 9.17) is 5.26 Å². The third-order valence-corrected chi connectivity index (χ3v) is 5.50. The Morgan fingerprint density at radius 3 is 2.40 bits per heavy atom. The lowest BCUT2D eigenvalue weighted by Gasteiger charge is -2.41. The van der Waals surface area contributed by atoms with Crippen molar-refractivity contribution in [2.24, 2.45) is 17.8 Å². The zero-order valence-corrected chi connectivity index (χ0v) is 12.1. The molecular weight excluding hydrogens is 242 g/mol. The van der Waals surface area contributed by atoms with Gasteiger partial charge in [-0.05, 0) is 79.9 Å². The van der Waals surface area contributed by atoms with E-state index in [1.54, 1.807) is 0 Å². The molecule has 0 aromatic heterocycles. The van der Waals surface area contributed by atoms with Crippen molar-refractivity contribution in [3.05, 3.63) is 48.0 Å². The second-order valence-corrected chi connectivity index (χ2v) is 6.57. The number of nitriles is 1. The molecule has 1 aromatic rings. The van der Waals surface area contributed by atoms with E-state index >= 15 is 0 Å². The van der Waals surface area contributed by atoms with Crippen LogP contribution in [0.4, 0.5) is 0 Å². The molecule has 1 heteroatoms. The van der Waals surface area contributed by atoms with Gasteiger partial charge in [0, 0.05) is 0 Å². The van der Waals surface area contributed by atoms with Gasteiger partial charge in [0.2, 0.25) is 0 Å². The molecule has 0 N–H and O–H groups in total. The Morgan fingerprint density at radius 2 is 1.70 bits per heavy atom. The minimum atomic E-state index is 0.712. The summed E-state index contributed by atoms with van der Waals surface area (Å²) in [6.07, 6.45) is 10.3. The summed E-state index contributed by atoms with van der Waals surface area (Å²) >= 11 is 0. The largest absolute Gasteiger partial charge is 0.192 e. The molecule has 0 radical (unpaired) electrons. The number of fused-ring (bicyclic) bond motifs is 1. The van der Waals surface area contributed by atoms with E-state index in [0.717, 1.165) is 23.3 Å². The molecule has 0 bridgehead atoms. The molecule has 0 aliphatic heterocycles. The lowest BCUT2D eigenvalue weighted by molar-refractivity contribution is 0.133. The maximum atomic E-state index is 8.88. The lowest BCUT2D eigenvalue weighted by atomic mass is 9.64. The second kappa shape index (κ2) is 5.83. The van der Waals surface area contributed by atoms with Crippen LogP contribution in [-0.4, -0.2) is 0 Å². The molecule has 1 nitrogen and oxygen atoms in total. The third kappa shape index (κ3) is 2.66. The summed E-state index contributed by atoms with van der Waals surface area (Å²) < 4.78 is 0. The van der Waals surface area contributed by atoms with Gasteiger partial charge in [0.1, 0.15) is 0 Å². The van der Waals surface area contributed by atoms with Crippen molar-refractivity contribution in [3.8, 4) is 6.07 Å². The van der Waals surface area contributed by atoms with Crippen LogP contribution in [0.1, 0.15) is 55.6 Å². The quantitative estimate of drug-likeness (QED) is 0.687. The molecule has 0 saturated heterocycles. The third-order valence-electron chi connectivity index (χ3n) is 5.50. The molecule has 20 heavy (non-hydrogen) atoms. The van der Waals surface area contributed by atoms with E-state index in [9.17, 15) is 0 Å². The molecule has 4 atom stereocenters. The lowest BCUT2D eigenvalue weighted by Crippen LogP contribution is -2.29. The van der Waals surface area contributed by atoms with Crippen molar-refractivity contribution in [1.82, 2.24) is 0 Å². The molecule has 2 aliphatic rings. The Balaban J connectivity index is 1.67. The van der Waals surface area contributed by atoms with Crippen molar-refractivity contribution >= 4 is 0 Å². The maximum Gasteiger partial charge on any atom is 0.0991 e. The van der Waals surface area contributed by atoms with Crippen molar-refractivity contribution in [3.63, 3.8) is 0 Å². The first-order chi connectivity index (χ1) is 9.80. The van der Waals surface area contributed by atoms with Crippen molar-refractivity contribution < 1.29 is 0 Å². The predicted molar refractivity (Wildman–Crippen MR) is 82.3 cm³/mol. The number of hydrogen-bond acceptors (Lipinski definition) is 1. The van der Waals surface area contributed by atoms with Crippen LogP contribution in [-0.2, 0) is 0 Å². The summed E-state index contributed by atoms with van der Waals surface area (Å²) in [5.74, 6) is 3.33. The highest BCUT2D eigenvalue weighted by Gasteiger charge is 2.35. The number of nitrogens with zero attached hydrogens (tertiary/aromatic N) is 1. The Labute approximate surface area is 122 Å². The van der Waals surface area contributed by atoms with Gasteiger partial charge in [-0.15, -0.1) is 6.58 Å². The SMILES string of the molecule is C=CC1CCC2CC(c3ccc(C#N)cc3)CCC2C1. The van der Waals surface area contributed by atoms with Gasteiger partial charge in [0.25, 0.3) is 0 Å². The van der Waals surface area contributed by atoms with E-state index in [1.165, 1.54) is 44.1 Å². The second-order valence-electron chi connectivity index (χ2n) is 6.57. The normalized spacial score (nSPS) is 33.0. The van der Waals surface area contributed by atoms with Gasteiger partial charge >= 0.3 is 0 Å². The fourth-order valence-corrected chi connectivity index (χ4v) is 4.27. The molecule has 104 valence electrons. The summed E-state index contributed by atoms with van der Waals surface area (Å²) in [7, 11) is 0. The van der Waals surface area contributed by atoms with E-state index in [1.807, 2.05) is 12.1 Å². The smallest absolute Gasteiger partial charge is 0.0991 e. The van der Waals surface area contributed by atoms with Gasteiger partial charge in [0.05, 0.1) is 11.6 Å². The number of benzene rings is 1. The van der Waals surface area contributed by atoms with Gasteiger partial charge < -0.3 is 0 Å². The number of hydrogen-bond donors (Lipinski definition) is 0. The van der Waals surface area contributed by atoms with Gasteiger partial charge in [-0.3, -0.25) is 0 Å². The molecule has 0 heterocycles. The summed E-state index contributed by atoms with van der Waals surface area (Å²) in [6, 6.07) is 10.5. The Bertz CT molecular complexity index is 508. The van der Waals surface area contributed by atoms with Gasteiger partial charge in [-0.1, -0.05) is 18.2 Å². The molecule has 4 unspecified atom stereocenters. The van der Waals surface area contributed by atoms with E-state index in [2.05, 4.69) is 30.9 Å².